The summed E-state index contributed by atoms with van der Waals surface area (Å²) in [5.41, 5.74) is 3.16. The first-order valence-electron chi connectivity index (χ1n) is 9.26. The van der Waals surface area contributed by atoms with Crippen LogP contribution in [-0.2, 0) is 0 Å². The second kappa shape index (κ2) is 6.61. The van der Waals surface area contributed by atoms with Gasteiger partial charge in [-0.05, 0) is 48.9 Å². The number of hydrogen-bond acceptors (Lipinski definition) is 3. The van der Waals surface area contributed by atoms with Gasteiger partial charge in [0.2, 0.25) is 5.76 Å². The molecule has 0 fully saturated rings. The molecule has 4 aromatic rings. The number of benzene rings is 3. The van der Waals surface area contributed by atoms with Gasteiger partial charge in [0.05, 0.1) is 17.0 Å². The highest BCUT2D eigenvalue weighted by Crippen LogP contribution is 2.41. The van der Waals surface area contributed by atoms with Gasteiger partial charge in [0.1, 0.15) is 5.58 Å². The van der Waals surface area contributed by atoms with Crippen LogP contribution in [0.15, 0.2) is 82.0 Å². The Kier molecular flexibility index (Phi) is 4.03. The van der Waals surface area contributed by atoms with Crippen LogP contribution in [0.3, 0.4) is 0 Å². The van der Waals surface area contributed by atoms with E-state index in [1.54, 1.807) is 41.3 Å². The van der Waals surface area contributed by atoms with E-state index in [0.29, 0.717) is 27.2 Å². The predicted molar refractivity (Wildman–Crippen MR) is 114 cm³/mol. The second-order valence-electron chi connectivity index (χ2n) is 7.13. The number of hydrogen-bond donors (Lipinski definition) is 0. The van der Waals surface area contributed by atoms with Crippen LogP contribution >= 0.6 is 11.6 Å². The fourth-order valence-corrected chi connectivity index (χ4v) is 3.98. The van der Waals surface area contributed by atoms with Crippen molar-refractivity contribution in [2.45, 2.75) is 13.0 Å². The zero-order chi connectivity index (χ0) is 20.1. The van der Waals surface area contributed by atoms with Crippen molar-refractivity contribution in [3.05, 3.63) is 110 Å². The number of amides is 1. The summed E-state index contributed by atoms with van der Waals surface area (Å²) in [4.78, 5) is 28.4. The Morgan fingerprint density at radius 2 is 1.59 bits per heavy atom. The van der Waals surface area contributed by atoms with Gasteiger partial charge in [-0.1, -0.05) is 53.6 Å². The SMILES string of the molecule is Cc1ccc(N2C(=O)c3oc4ccccc4c(=O)c3[C@H]2c2ccc(Cl)cc2)cc1. The molecule has 2 heterocycles. The standard InChI is InChI=1S/C24H16ClNO3/c1-14-6-12-17(13-7-14)26-21(15-8-10-16(25)11-9-15)20-22(27)18-4-2-3-5-19(18)29-23(20)24(26)28/h2-13,21H,1H3/t21-/m1/s1. The van der Waals surface area contributed by atoms with E-state index < -0.39 is 6.04 Å². The number of aryl methyl sites for hydroxylation is 1. The molecule has 5 rings (SSSR count). The predicted octanol–water partition coefficient (Wildman–Crippen LogP) is 5.50. The lowest BCUT2D eigenvalue weighted by molar-refractivity contribution is 0.0971. The molecule has 1 aromatic heterocycles. The van der Waals surface area contributed by atoms with Gasteiger partial charge in [-0.25, -0.2) is 0 Å². The fraction of sp³-hybridized carbons (Fsp3) is 0.0833. The van der Waals surface area contributed by atoms with Gasteiger partial charge in [-0.2, -0.15) is 0 Å². The molecule has 1 aliphatic rings. The van der Waals surface area contributed by atoms with Crippen molar-refractivity contribution in [2.24, 2.45) is 0 Å². The van der Waals surface area contributed by atoms with E-state index in [4.69, 9.17) is 16.0 Å². The summed E-state index contributed by atoms with van der Waals surface area (Å²) in [6.45, 7) is 1.98. The van der Waals surface area contributed by atoms with Crippen LogP contribution in [0.1, 0.15) is 33.3 Å². The number of anilines is 1. The van der Waals surface area contributed by atoms with E-state index in [0.717, 1.165) is 11.1 Å². The summed E-state index contributed by atoms with van der Waals surface area (Å²) in [5.74, 6) is -0.235. The van der Waals surface area contributed by atoms with Crippen molar-refractivity contribution in [3.63, 3.8) is 0 Å². The van der Waals surface area contributed by atoms with Gasteiger partial charge in [0.15, 0.2) is 5.43 Å². The van der Waals surface area contributed by atoms with Crippen LogP contribution in [0.5, 0.6) is 0 Å². The molecule has 4 nitrogen and oxygen atoms in total. The van der Waals surface area contributed by atoms with Gasteiger partial charge in [-0.15, -0.1) is 0 Å². The summed E-state index contributed by atoms with van der Waals surface area (Å²) >= 11 is 6.07. The molecule has 1 aliphatic heterocycles. The molecule has 1 atom stereocenters. The van der Waals surface area contributed by atoms with Crippen molar-refractivity contribution in [1.29, 1.82) is 0 Å². The zero-order valence-electron chi connectivity index (χ0n) is 15.6. The molecule has 5 heteroatoms. The highest BCUT2D eigenvalue weighted by Gasteiger charge is 2.43. The molecule has 0 unspecified atom stereocenters. The van der Waals surface area contributed by atoms with Crippen molar-refractivity contribution in [2.75, 3.05) is 4.90 Å². The van der Waals surface area contributed by atoms with Crippen molar-refractivity contribution < 1.29 is 9.21 Å². The smallest absolute Gasteiger partial charge is 0.295 e. The van der Waals surface area contributed by atoms with Crippen molar-refractivity contribution >= 4 is 34.2 Å². The fourth-order valence-electron chi connectivity index (χ4n) is 3.85. The van der Waals surface area contributed by atoms with Gasteiger partial charge in [0, 0.05) is 10.7 Å². The van der Waals surface area contributed by atoms with E-state index in [-0.39, 0.29) is 17.1 Å². The van der Waals surface area contributed by atoms with Gasteiger partial charge >= 0.3 is 0 Å². The normalized spacial score (nSPS) is 15.7. The first-order chi connectivity index (χ1) is 14.0. The third-order valence-electron chi connectivity index (χ3n) is 5.28. The van der Waals surface area contributed by atoms with Crippen LogP contribution in [0.25, 0.3) is 11.0 Å². The van der Waals surface area contributed by atoms with Crippen molar-refractivity contribution in [1.82, 2.24) is 0 Å². The summed E-state index contributed by atoms with van der Waals surface area (Å²) in [5, 5.41) is 1.05. The number of para-hydroxylation sites is 1. The monoisotopic (exact) mass is 401 g/mol. The molecule has 0 spiro atoms. The molecule has 0 aliphatic carbocycles. The summed E-state index contributed by atoms with van der Waals surface area (Å²) in [7, 11) is 0. The second-order valence-corrected chi connectivity index (χ2v) is 7.57. The van der Waals surface area contributed by atoms with E-state index in [1.807, 2.05) is 43.3 Å². The number of halogens is 1. The van der Waals surface area contributed by atoms with Gasteiger partial charge in [0.25, 0.3) is 5.91 Å². The largest absolute Gasteiger partial charge is 0.450 e. The molecule has 0 N–H and O–H groups in total. The van der Waals surface area contributed by atoms with E-state index in [2.05, 4.69) is 0 Å². The Labute approximate surface area is 172 Å². The molecular formula is C24H16ClNO3. The number of carbonyl (C=O) groups excluding carboxylic acids is 1. The Hall–Kier alpha value is -3.37. The average Bonchev–Trinajstić information content (AvgIpc) is 3.02. The Balaban J connectivity index is 1.81. The topological polar surface area (TPSA) is 50.5 Å². The molecule has 0 saturated carbocycles. The Morgan fingerprint density at radius 1 is 0.897 bits per heavy atom. The summed E-state index contributed by atoms with van der Waals surface area (Å²) in [6, 6.07) is 21.3. The Bertz CT molecular complexity index is 1310. The maximum Gasteiger partial charge on any atom is 0.295 e. The minimum atomic E-state index is -0.585. The third kappa shape index (κ3) is 2.76. The maximum atomic E-state index is 13.4. The summed E-state index contributed by atoms with van der Waals surface area (Å²) < 4.78 is 5.93. The maximum absolute atomic E-state index is 13.4. The van der Waals surface area contributed by atoms with Crippen LogP contribution in [0.2, 0.25) is 5.02 Å². The Morgan fingerprint density at radius 3 is 2.31 bits per heavy atom. The number of nitrogens with zero attached hydrogens (tertiary/aromatic N) is 1. The molecule has 0 radical (unpaired) electrons. The van der Waals surface area contributed by atoms with Crippen LogP contribution < -0.4 is 10.3 Å². The zero-order valence-corrected chi connectivity index (χ0v) is 16.3. The molecule has 3 aromatic carbocycles. The number of rotatable bonds is 2. The highest BCUT2D eigenvalue weighted by atomic mass is 35.5. The lowest BCUT2D eigenvalue weighted by Gasteiger charge is -2.25. The molecule has 29 heavy (non-hydrogen) atoms. The highest BCUT2D eigenvalue weighted by molar-refractivity contribution is 6.30. The minimum absolute atomic E-state index is 0.0919. The van der Waals surface area contributed by atoms with Gasteiger partial charge < -0.3 is 4.42 Å². The average molecular weight is 402 g/mol. The number of fused-ring (bicyclic) bond motifs is 2. The molecule has 142 valence electrons. The quantitative estimate of drug-likeness (QED) is 0.445. The van der Waals surface area contributed by atoms with Crippen LogP contribution in [0, 0.1) is 6.92 Å². The van der Waals surface area contributed by atoms with Crippen molar-refractivity contribution in [3.8, 4) is 0 Å². The van der Waals surface area contributed by atoms with E-state index in [9.17, 15) is 9.59 Å². The van der Waals surface area contributed by atoms with Crippen LogP contribution in [-0.4, -0.2) is 5.91 Å². The third-order valence-corrected chi connectivity index (χ3v) is 5.53. The lowest BCUT2D eigenvalue weighted by atomic mass is 9.98. The molecule has 0 saturated heterocycles. The first kappa shape index (κ1) is 17.7. The first-order valence-corrected chi connectivity index (χ1v) is 9.64. The molecule has 0 bridgehead atoms. The van der Waals surface area contributed by atoms with E-state index >= 15 is 0 Å². The minimum Gasteiger partial charge on any atom is -0.450 e. The van der Waals surface area contributed by atoms with Gasteiger partial charge in [-0.3, -0.25) is 14.5 Å². The summed E-state index contributed by atoms with van der Waals surface area (Å²) in [6.07, 6.45) is 0. The number of carbonyl (C=O) groups is 1. The molecular weight excluding hydrogens is 386 g/mol. The molecule has 1 amide bonds. The lowest BCUT2D eigenvalue weighted by Crippen LogP contribution is -2.29. The van der Waals surface area contributed by atoms with E-state index in [1.165, 1.54) is 0 Å². The van der Waals surface area contributed by atoms with Crippen LogP contribution in [0.4, 0.5) is 5.69 Å².